The zero-order valence-electron chi connectivity index (χ0n) is 30.3. The first-order valence-electron chi connectivity index (χ1n) is 17.2. The van der Waals surface area contributed by atoms with Crippen LogP contribution in [0, 0.1) is 5.92 Å². The Balaban J connectivity index is 2.37. The van der Waals surface area contributed by atoms with E-state index >= 15 is 0 Å². The minimum atomic E-state index is -2.05. The molecule has 252 valence electrons. The second-order valence-electron chi connectivity index (χ2n) is 16.1. The molecule has 0 bridgehead atoms. The van der Waals surface area contributed by atoms with Gasteiger partial charge in [-0.1, -0.05) is 104 Å². The van der Waals surface area contributed by atoms with Crippen molar-refractivity contribution in [3.05, 3.63) is 47.5 Å². The van der Waals surface area contributed by atoms with Crippen molar-refractivity contribution >= 4 is 22.6 Å². The first-order chi connectivity index (χ1) is 20.3. The second kappa shape index (κ2) is 16.5. The number of carbonyl (C=O) groups excluding carboxylic acids is 1. The predicted molar refractivity (Wildman–Crippen MR) is 190 cm³/mol. The van der Waals surface area contributed by atoms with Crippen LogP contribution in [0.2, 0.25) is 36.3 Å². The van der Waals surface area contributed by atoms with Gasteiger partial charge >= 0.3 is 5.97 Å². The summed E-state index contributed by atoms with van der Waals surface area (Å²) < 4.78 is 18.8. The molecule has 2 rings (SSSR count). The number of carbonyl (C=O) groups is 1. The molecule has 44 heavy (non-hydrogen) atoms. The van der Waals surface area contributed by atoms with E-state index in [1.165, 1.54) is 37.5 Å². The van der Waals surface area contributed by atoms with Gasteiger partial charge in [0.05, 0.1) is 25.4 Å². The molecule has 1 aromatic rings. The molecule has 0 aromatic heterocycles. The Hall–Kier alpha value is -1.26. The van der Waals surface area contributed by atoms with Crippen LogP contribution in [0.25, 0.3) is 0 Å². The molecular formula is C37H66O5Si2. The summed E-state index contributed by atoms with van der Waals surface area (Å²) in [4.78, 5) is 11.5. The van der Waals surface area contributed by atoms with Gasteiger partial charge in [-0.2, -0.15) is 0 Å². The minimum absolute atomic E-state index is 0.0155. The summed E-state index contributed by atoms with van der Waals surface area (Å²) in [5.41, 5.74) is 2.51. The molecule has 1 aliphatic carbocycles. The lowest BCUT2D eigenvalue weighted by atomic mass is 9.84. The van der Waals surface area contributed by atoms with Crippen LogP contribution >= 0.6 is 0 Å². The van der Waals surface area contributed by atoms with Crippen LogP contribution < -0.4 is 0 Å². The molecule has 1 fully saturated rings. The number of hydrogen-bond donors (Lipinski definition) is 1. The highest BCUT2D eigenvalue weighted by Crippen LogP contribution is 2.48. The number of rotatable bonds is 16. The maximum absolute atomic E-state index is 11.5. The monoisotopic (exact) mass is 646 g/mol. The molecule has 0 aliphatic heterocycles. The largest absolute Gasteiger partial charge is 0.469 e. The average Bonchev–Trinajstić information content (AvgIpc) is 3.22. The van der Waals surface area contributed by atoms with Crippen molar-refractivity contribution in [1.82, 2.24) is 0 Å². The van der Waals surface area contributed by atoms with Gasteiger partial charge in [0.2, 0.25) is 0 Å². The van der Waals surface area contributed by atoms with Crippen molar-refractivity contribution in [1.29, 1.82) is 0 Å². The molecule has 1 aromatic carbocycles. The summed E-state index contributed by atoms with van der Waals surface area (Å²) in [6, 6.07) is 9.14. The van der Waals surface area contributed by atoms with Crippen LogP contribution in [-0.2, 0) is 18.4 Å². The van der Waals surface area contributed by atoms with Crippen molar-refractivity contribution in [2.45, 2.75) is 167 Å². The summed E-state index contributed by atoms with van der Waals surface area (Å²) in [5, 5.41) is 11.6. The van der Waals surface area contributed by atoms with Gasteiger partial charge < -0.3 is 18.7 Å². The topological polar surface area (TPSA) is 65.0 Å². The van der Waals surface area contributed by atoms with E-state index in [2.05, 4.69) is 111 Å². The fraction of sp³-hybridized carbons (Fsp3) is 0.757. The van der Waals surface area contributed by atoms with E-state index < -0.39 is 22.7 Å². The van der Waals surface area contributed by atoms with Crippen LogP contribution in [0.5, 0.6) is 0 Å². The van der Waals surface area contributed by atoms with Crippen LogP contribution in [0.1, 0.15) is 129 Å². The Bertz CT molecular complexity index is 1040. The maximum atomic E-state index is 11.5. The third kappa shape index (κ3) is 10.9. The molecule has 1 aliphatic rings. The highest BCUT2D eigenvalue weighted by molar-refractivity contribution is 6.74. The molecule has 1 unspecified atom stereocenters. The van der Waals surface area contributed by atoms with Crippen LogP contribution in [0.15, 0.2) is 36.4 Å². The predicted octanol–water partition coefficient (Wildman–Crippen LogP) is 10.5. The summed E-state index contributed by atoms with van der Waals surface area (Å²) in [6.45, 7) is 25.4. The van der Waals surface area contributed by atoms with Crippen molar-refractivity contribution < 1.29 is 23.5 Å². The molecule has 0 heterocycles. The highest BCUT2D eigenvalue weighted by atomic mass is 28.4. The molecule has 0 amide bonds. The second-order valence-corrected chi connectivity index (χ2v) is 25.6. The fourth-order valence-corrected chi connectivity index (χ4v) is 8.36. The van der Waals surface area contributed by atoms with Gasteiger partial charge in [-0.25, -0.2) is 0 Å². The number of aliphatic hydroxyl groups is 1. The Kier molecular flexibility index (Phi) is 14.6. The average molecular weight is 647 g/mol. The third-order valence-corrected chi connectivity index (χ3v) is 19.6. The van der Waals surface area contributed by atoms with Crippen molar-refractivity contribution in [2.75, 3.05) is 7.11 Å². The highest BCUT2D eigenvalue weighted by Gasteiger charge is 2.48. The number of allylic oxidation sites excluding steroid dienone is 2. The number of benzene rings is 1. The maximum Gasteiger partial charge on any atom is 0.305 e. The van der Waals surface area contributed by atoms with Gasteiger partial charge in [-0.05, 0) is 85.4 Å². The minimum Gasteiger partial charge on any atom is -0.469 e. The van der Waals surface area contributed by atoms with Gasteiger partial charge in [0.25, 0.3) is 0 Å². The molecule has 5 atom stereocenters. The van der Waals surface area contributed by atoms with Crippen LogP contribution in [-0.4, -0.2) is 47.0 Å². The molecule has 0 saturated heterocycles. The lowest BCUT2D eigenvalue weighted by Gasteiger charge is -2.40. The van der Waals surface area contributed by atoms with E-state index in [0.29, 0.717) is 12.8 Å². The van der Waals surface area contributed by atoms with Crippen molar-refractivity contribution in [3.63, 3.8) is 0 Å². The van der Waals surface area contributed by atoms with Gasteiger partial charge in [0.1, 0.15) is 0 Å². The molecular weight excluding hydrogens is 581 g/mol. The smallest absolute Gasteiger partial charge is 0.305 e. The number of esters is 1. The van der Waals surface area contributed by atoms with E-state index in [1.54, 1.807) is 0 Å². The standard InChI is InChI=1S/C37H66O5Si2/c1-13-14-17-21-32(41-43(9,10)36(2,3)4)28-23-25-29(26-24-28)35-30(20-18-15-16-19-22-34(39)40-8)31(38)27-33(35)42-44(11,12)37(5,6)7/h15,18,23-26,30-33,35,38H,13-14,16-17,19-22,27H2,1-12H3/b18-15-/t30-,31+,32?,33+,35+/m0/s1. The first-order valence-corrected chi connectivity index (χ1v) is 23.0. The molecule has 0 radical (unpaired) electrons. The van der Waals surface area contributed by atoms with Gasteiger partial charge in [0.15, 0.2) is 16.6 Å². The van der Waals surface area contributed by atoms with Gasteiger partial charge in [-0.15, -0.1) is 0 Å². The van der Waals surface area contributed by atoms with Gasteiger partial charge in [-0.3, -0.25) is 4.79 Å². The summed E-state index contributed by atoms with van der Waals surface area (Å²) in [5.74, 6) is 0.0325. The number of methoxy groups -OCH3 is 1. The van der Waals surface area contributed by atoms with Gasteiger partial charge in [0, 0.05) is 12.3 Å². The van der Waals surface area contributed by atoms with E-state index in [-0.39, 0.29) is 40.1 Å². The first kappa shape index (κ1) is 38.9. The van der Waals surface area contributed by atoms with Crippen LogP contribution in [0.3, 0.4) is 0 Å². The van der Waals surface area contributed by atoms with E-state index in [0.717, 1.165) is 25.7 Å². The quantitative estimate of drug-likeness (QED) is 0.0838. The molecule has 1 saturated carbocycles. The normalized spacial score (nSPS) is 22.5. The Morgan fingerprint density at radius 3 is 2.11 bits per heavy atom. The number of hydrogen-bond acceptors (Lipinski definition) is 5. The lowest BCUT2D eigenvalue weighted by molar-refractivity contribution is -0.140. The Morgan fingerprint density at radius 2 is 1.57 bits per heavy atom. The summed E-state index contributed by atoms with van der Waals surface area (Å²) >= 11 is 0. The zero-order valence-corrected chi connectivity index (χ0v) is 32.3. The fourth-order valence-electron chi connectivity index (χ4n) is 5.69. The lowest BCUT2D eigenvalue weighted by Crippen LogP contribution is -2.44. The number of unbranched alkanes of at least 4 members (excludes halogenated alkanes) is 3. The van der Waals surface area contributed by atoms with Crippen molar-refractivity contribution in [2.24, 2.45) is 5.92 Å². The van der Waals surface area contributed by atoms with E-state index in [1.807, 2.05) is 0 Å². The van der Waals surface area contributed by atoms with E-state index in [9.17, 15) is 9.90 Å². The molecule has 7 heteroatoms. The number of aliphatic hydroxyl groups excluding tert-OH is 1. The summed E-state index contributed by atoms with van der Waals surface area (Å²) in [7, 11) is -2.56. The zero-order chi connectivity index (χ0) is 33.3. The Labute approximate surface area is 272 Å². The van der Waals surface area contributed by atoms with Crippen molar-refractivity contribution in [3.8, 4) is 0 Å². The molecule has 5 nitrogen and oxygen atoms in total. The van der Waals surface area contributed by atoms with Crippen LogP contribution in [0.4, 0.5) is 0 Å². The van der Waals surface area contributed by atoms with E-state index in [4.69, 9.17) is 13.6 Å². The molecule has 0 spiro atoms. The SMILES string of the molecule is CCCCCC(O[Si](C)(C)C(C)(C)C)c1ccc([C@@H]2[C@@H](C/C=C\CCCC(=O)OC)[C@H](O)C[C@H]2O[Si](C)(C)C(C)(C)C)cc1. The Morgan fingerprint density at radius 1 is 0.955 bits per heavy atom. The number of ether oxygens (including phenoxy) is 1. The molecule has 1 N–H and O–H groups in total. The third-order valence-electron chi connectivity index (χ3n) is 10.6. The summed E-state index contributed by atoms with van der Waals surface area (Å²) in [6.07, 6.45) is 12.1.